The molecule has 3 nitrogen and oxygen atoms in total. The number of hydrogen-bond donors (Lipinski definition) is 2. The normalized spacial score (nSPS) is 14.7. The van der Waals surface area contributed by atoms with Gasteiger partial charge in [0, 0.05) is 0 Å². The Labute approximate surface area is 98.2 Å². The highest BCUT2D eigenvalue weighted by Gasteiger charge is 2.20. The second-order valence-electron chi connectivity index (χ2n) is 4.22. The molecule has 1 aromatic carbocycles. The summed E-state index contributed by atoms with van der Waals surface area (Å²) in [6.45, 7) is 0.922. The molecule has 0 unspecified atom stereocenters. The summed E-state index contributed by atoms with van der Waals surface area (Å²) in [6, 6.07) is 3.69. The van der Waals surface area contributed by atoms with Gasteiger partial charge in [-0.25, -0.2) is 8.78 Å². The molecule has 0 aromatic heterocycles. The maximum Gasteiger partial charge on any atom is 0.238 e. The van der Waals surface area contributed by atoms with Crippen LogP contribution in [0.4, 0.5) is 14.5 Å². The number of anilines is 1. The minimum atomic E-state index is -1.02. The van der Waals surface area contributed by atoms with Crippen LogP contribution in [0.2, 0.25) is 0 Å². The van der Waals surface area contributed by atoms with Crippen molar-refractivity contribution in [2.75, 3.05) is 18.4 Å². The van der Waals surface area contributed by atoms with Gasteiger partial charge in [-0.15, -0.1) is 0 Å². The molecule has 1 saturated carbocycles. The van der Waals surface area contributed by atoms with Crippen molar-refractivity contribution < 1.29 is 13.6 Å². The SMILES string of the molecule is O=C(CNCC1CC1)Nc1cccc(F)c1F. The molecule has 1 aliphatic carbocycles. The Morgan fingerprint density at radius 2 is 2.12 bits per heavy atom. The molecule has 0 heterocycles. The van der Waals surface area contributed by atoms with E-state index in [0.717, 1.165) is 12.6 Å². The third kappa shape index (κ3) is 3.49. The van der Waals surface area contributed by atoms with Crippen molar-refractivity contribution >= 4 is 11.6 Å². The van der Waals surface area contributed by atoms with E-state index < -0.39 is 11.6 Å². The van der Waals surface area contributed by atoms with Crippen LogP contribution in [0.15, 0.2) is 18.2 Å². The average molecular weight is 240 g/mol. The molecule has 0 atom stereocenters. The average Bonchev–Trinajstić information content (AvgIpc) is 3.09. The minimum Gasteiger partial charge on any atom is -0.322 e. The maximum atomic E-state index is 13.2. The Balaban J connectivity index is 1.82. The van der Waals surface area contributed by atoms with Gasteiger partial charge in [-0.05, 0) is 37.4 Å². The maximum absolute atomic E-state index is 13.2. The van der Waals surface area contributed by atoms with Crippen LogP contribution < -0.4 is 10.6 Å². The molecule has 1 aliphatic rings. The van der Waals surface area contributed by atoms with Crippen LogP contribution in [-0.4, -0.2) is 19.0 Å². The van der Waals surface area contributed by atoms with E-state index in [0.29, 0.717) is 5.92 Å². The first-order valence-corrected chi connectivity index (χ1v) is 5.61. The molecule has 1 aromatic rings. The summed E-state index contributed by atoms with van der Waals surface area (Å²) in [4.78, 5) is 11.4. The van der Waals surface area contributed by atoms with Gasteiger partial charge in [0.1, 0.15) is 0 Å². The second-order valence-corrected chi connectivity index (χ2v) is 4.22. The van der Waals surface area contributed by atoms with Gasteiger partial charge in [-0.3, -0.25) is 4.79 Å². The smallest absolute Gasteiger partial charge is 0.238 e. The van der Waals surface area contributed by atoms with E-state index in [1.165, 1.54) is 25.0 Å². The summed E-state index contributed by atoms with van der Waals surface area (Å²) >= 11 is 0. The number of amides is 1. The predicted octanol–water partition coefficient (Wildman–Crippen LogP) is 1.90. The molecule has 1 amide bonds. The van der Waals surface area contributed by atoms with Crippen molar-refractivity contribution in [3.05, 3.63) is 29.8 Å². The second kappa shape index (κ2) is 5.23. The minimum absolute atomic E-state index is 0.118. The molecule has 0 bridgehead atoms. The third-order valence-corrected chi connectivity index (χ3v) is 2.64. The van der Waals surface area contributed by atoms with E-state index in [4.69, 9.17) is 0 Å². The number of halogens is 2. The van der Waals surface area contributed by atoms with Gasteiger partial charge < -0.3 is 10.6 Å². The summed E-state index contributed by atoms with van der Waals surface area (Å²) in [5.41, 5.74) is -0.122. The number of hydrogen-bond acceptors (Lipinski definition) is 2. The van der Waals surface area contributed by atoms with Crippen LogP contribution in [0.1, 0.15) is 12.8 Å². The summed E-state index contributed by atoms with van der Waals surface area (Å²) in [5.74, 6) is -1.68. The standard InChI is InChI=1S/C12H14F2N2O/c13-9-2-1-3-10(12(9)14)16-11(17)7-15-6-8-4-5-8/h1-3,8,15H,4-7H2,(H,16,17). The van der Waals surface area contributed by atoms with Crippen molar-refractivity contribution in [2.24, 2.45) is 5.92 Å². The Kier molecular flexibility index (Phi) is 3.68. The van der Waals surface area contributed by atoms with Crippen LogP contribution in [0, 0.1) is 17.6 Å². The fourth-order valence-electron chi connectivity index (χ4n) is 1.51. The summed E-state index contributed by atoms with van der Waals surface area (Å²) in [5, 5.41) is 5.30. The molecule has 2 N–H and O–H groups in total. The highest BCUT2D eigenvalue weighted by atomic mass is 19.2. The molecule has 92 valence electrons. The monoisotopic (exact) mass is 240 g/mol. The lowest BCUT2D eigenvalue weighted by atomic mass is 10.3. The fourth-order valence-corrected chi connectivity index (χ4v) is 1.51. The molecule has 0 aliphatic heterocycles. The van der Waals surface area contributed by atoms with E-state index in [2.05, 4.69) is 10.6 Å². The van der Waals surface area contributed by atoms with Gasteiger partial charge in [-0.1, -0.05) is 6.07 Å². The lowest BCUT2D eigenvalue weighted by Gasteiger charge is -2.07. The van der Waals surface area contributed by atoms with Crippen molar-refractivity contribution in [1.29, 1.82) is 0 Å². The van der Waals surface area contributed by atoms with E-state index in [1.54, 1.807) is 0 Å². The zero-order chi connectivity index (χ0) is 12.3. The summed E-state index contributed by atoms with van der Waals surface area (Å²) in [6.07, 6.45) is 2.40. The van der Waals surface area contributed by atoms with Gasteiger partial charge >= 0.3 is 0 Å². The van der Waals surface area contributed by atoms with Crippen LogP contribution in [-0.2, 0) is 4.79 Å². The van der Waals surface area contributed by atoms with Crippen LogP contribution in [0.3, 0.4) is 0 Å². The Morgan fingerprint density at radius 1 is 1.35 bits per heavy atom. The van der Waals surface area contributed by atoms with Gasteiger partial charge in [0.15, 0.2) is 11.6 Å². The number of benzene rings is 1. The lowest BCUT2D eigenvalue weighted by molar-refractivity contribution is -0.115. The first-order chi connectivity index (χ1) is 8.16. The zero-order valence-electron chi connectivity index (χ0n) is 9.30. The highest BCUT2D eigenvalue weighted by molar-refractivity contribution is 5.92. The van der Waals surface area contributed by atoms with E-state index >= 15 is 0 Å². The Morgan fingerprint density at radius 3 is 2.82 bits per heavy atom. The molecule has 2 rings (SSSR count). The fraction of sp³-hybridized carbons (Fsp3) is 0.417. The largest absolute Gasteiger partial charge is 0.322 e. The van der Waals surface area contributed by atoms with E-state index in [1.807, 2.05) is 0 Å². The first kappa shape index (κ1) is 12.0. The molecular weight excluding hydrogens is 226 g/mol. The van der Waals surface area contributed by atoms with Crippen molar-refractivity contribution in [3.8, 4) is 0 Å². The van der Waals surface area contributed by atoms with Crippen LogP contribution in [0.25, 0.3) is 0 Å². The lowest BCUT2D eigenvalue weighted by Crippen LogP contribution is -2.29. The van der Waals surface area contributed by atoms with Crippen molar-refractivity contribution in [2.45, 2.75) is 12.8 Å². The Hall–Kier alpha value is -1.49. The summed E-state index contributed by atoms with van der Waals surface area (Å²) < 4.78 is 26.1. The van der Waals surface area contributed by atoms with Crippen LogP contribution in [0.5, 0.6) is 0 Å². The molecular formula is C12H14F2N2O. The van der Waals surface area contributed by atoms with Gasteiger partial charge in [0.05, 0.1) is 12.2 Å². The highest BCUT2D eigenvalue weighted by Crippen LogP contribution is 2.27. The van der Waals surface area contributed by atoms with Gasteiger partial charge in [0.25, 0.3) is 0 Å². The molecule has 0 saturated heterocycles. The molecule has 0 radical (unpaired) electrons. The zero-order valence-corrected chi connectivity index (χ0v) is 9.30. The molecule has 17 heavy (non-hydrogen) atoms. The number of carbonyl (C=O) groups excluding carboxylic acids is 1. The number of rotatable bonds is 5. The molecule has 0 spiro atoms. The van der Waals surface area contributed by atoms with Crippen molar-refractivity contribution in [3.63, 3.8) is 0 Å². The number of nitrogens with one attached hydrogen (secondary N) is 2. The van der Waals surface area contributed by atoms with Gasteiger partial charge in [0.2, 0.25) is 5.91 Å². The van der Waals surface area contributed by atoms with Crippen LogP contribution >= 0.6 is 0 Å². The predicted molar refractivity (Wildman–Crippen MR) is 60.6 cm³/mol. The topological polar surface area (TPSA) is 41.1 Å². The van der Waals surface area contributed by atoms with E-state index in [-0.39, 0.29) is 18.1 Å². The first-order valence-electron chi connectivity index (χ1n) is 5.61. The molecule has 5 heteroatoms. The third-order valence-electron chi connectivity index (χ3n) is 2.64. The quantitative estimate of drug-likeness (QED) is 0.825. The number of carbonyl (C=O) groups is 1. The summed E-state index contributed by atoms with van der Waals surface area (Å²) in [7, 11) is 0. The van der Waals surface area contributed by atoms with E-state index in [9.17, 15) is 13.6 Å². The van der Waals surface area contributed by atoms with Gasteiger partial charge in [-0.2, -0.15) is 0 Å². The van der Waals surface area contributed by atoms with Crippen molar-refractivity contribution in [1.82, 2.24) is 5.32 Å². The molecule has 1 fully saturated rings. The Bertz CT molecular complexity index is 419.